The highest BCUT2D eigenvalue weighted by atomic mass is 19.1. The number of nitrogens with two attached hydrogens (primary N) is 2. The third kappa shape index (κ3) is 3.22. The van der Waals surface area contributed by atoms with E-state index in [0.717, 1.165) is 32.4 Å². The topological polar surface area (TPSA) is 64.5 Å². The summed E-state index contributed by atoms with van der Waals surface area (Å²) in [5, 5.41) is 0. The number of nitrogen functional groups attached to an aromatic ring is 1. The summed E-state index contributed by atoms with van der Waals surface area (Å²) in [6.07, 6.45) is 3.00. The first kappa shape index (κ1) is 16.4. The van der Waals surface area contributed by atoms with Crippen LogP contribution in [0.15, 0.2) is 42.5 Å². The molecular formula is C20H24FN3O. The Hall–Kier alpha value is -2.11. The third-order valence-electron chi connectivity index (χ3n) is 5.33. The molecule has 3 atom stereocenters. The van der Waals surface area contributed by atoms with Crippen molar-refractivity contribution in [3.63, 3.8) is 0 Å². The van der Waals surface area contributed by atoms with Gasteiger partial charge in [-0.3, -0.25) is 4.90 Å². The lowest BCUT2D eigenvalue weighted by molar-refractivity contribution is 0.0591. The van der Waals surface area contributed by atoms with Gasteiger partial charge in [0.15, 0.2) is 0 Å². The number of hydrogen-bond donors (Lipinski definition) is 2. The van der Waals surface area contributed by atoms with Gasteiger partial charge in [0.25, 0.3) is 0 Å². The molecule has 0 radical (unpaired) electrons. The van der Waals surface area contributed by atoms with Crippen LogP contribution in [-0.4, -0.2) is 30.1 Å². The van der Waals surface area contributed by atoms with E-state index in [-0.39, 0.29) is 23.9 Å². The van der Waals surface area contributed by atoms with Crippen LogP contribution in [-0.2, 0) is 6.42 Å². The highest BCUT2D eigenvalue weighted by Gasteiger charge is 2.39. The number of fused-ring (bicyclic) bond motifs is 1. The fraction of sp³-hybridized carbons (Fsp3) is 0.400. The highest BCUT2D eigenvalue weighted by molar-refractivity contribution is 5.44. The fourth-order valence-electron chi connectivity index (χ4n) is 4.07. The average Bonchev–Trinajstić information content (AvgIpc) is 2.97. The van der Waals surface area contributed by atoms with E-state index in [1.807, 2.05) is 6.07 Å². The number of rotatable bonds is 3. The molecule has 4 N–H and O–H groups in total. The van der Waals surface area contributed by atoms with Crippen molar-refractivity contribution >= 4 is 5.69 Å². The molecule has 5 heteroatoms. The van der Waals surface area contributed by atoms with E-state index in [0.29, 0.717) is 5.75 Å². The summed E-state index contributed by atoms with van der Waals surface area (Å²) in [6, 6.07) is 13.4. The zero-order valence-corrected chi connectivity index (χ0v) is 14.2. The van der Waals surface area contributed by atoms with Gasteiger partial charge in [-0.05, 0) is 49.1 Å². The molecule has 132 valence electrons. The zero-order valence-electron chi connectivity index (χ0n) is 14.2. The van der Waals surface area contributed by atoms with Gasteiger partial charge in [-0.2, -0.15) is 0 Å². The summed E-state index contributed by atoms with van der Waals surface area (Å²) < 4.78 is 20.1. The molecule has 1 aliphatic carbocycles. The molecule has 0 saturated carbocycles. The number of nitrogens with zero attached hydrogens (tertiary/aromatic N) is 1. The first-order chi connectivity index (χ1) is 12.1. The second-order valence-corrected chi connectivity index (χ2v) is 7.09. The molecule has 2 aromatic rings. The van der Waals surface area contributed by atoms with Gasteiger partial charge in [0.2, 0.25) is 0 Å². The molecule has 1 aliphatic heterocycles. The van der Waals surface area contributed by atoms with E-state index in [2.05, 4.69) is 23.1 Å². The summed E-state index contributed by atoms with van der Waals surface area (Å²) in [6.45, 7) is 1.91. The van der Waals surface area contributed by atoms with Crippen molar-refractivity contribution in [3.8, 4) is 5.75 Å². The standard InChI is InChI=1S/C20H24FN3O/c21-17-11-15(7-8-18(17)23)25-20-16-6-2-1-4-13(16)10-19(20)24-9-3-5-14(22)12-24/h1-2,4,6-8,11,14,19-20H,3,5,9-10,12,22-23H2/t14-,19-,20-/m1/s1. The number of likely N-dealkylation sites (tertiary alicyclic amines) is 1. The number of halogens is 1. The van der Waals surface area contributed by atoms with Crippen molar-refractivity contribution in [1.29, 1.82) is 0 Å². The fourth-order valence-corrected chi connectivity index (χ4v) is 4.07. The van der Waals surface area contributed by atoms with Crippen LogP contribution in [0.2, 0.25) is 0 Å². The van der Waals surface area contributed by atoms with E-state index in [1.54, 1.807) is 12.1 Å². The molecule has 1 saturated heterocycles. The first-order valence-electron chi connectivity index (χ1n) is 8.91. The van der Waals surface area contributed by atoms with Crippen LogP contribution in [0.5, 0.6) is 5.75 Å². The number of benzene rings is 2. The van der Waals surface area contributed by atoms with Crippen LogP contribution in [0, 0.1) is 5.82 Å². The summed E-state index contributed by atoms with van der Waals surface area (Å²) in [4.78, 5) is 2.44. The maximum atomic E-state index is 13.8. The van der Waals surface area contributed by atoms with Gasteiger partial charge in [0.1, 0.15) is 17.7 Å². The largest absolute Gasteiger partial charge is 0.484 e. The molecule has 0 aromatic heterocycles. The summed E-state index contributed by atoms with van der Waals surface area (Å²) in [7, 11) is 0. The molecule has 25 heavy (non-hydrogen) atoms. The lowest BCUT2D eigenvalue weighted by Gasteiger charge is -2.38. The van der Waals surface area contributed by atoms with Gasteiger partial charge in [0.05, 0.1) is 11.7 Å². The lowest BCUT2D eigenvalue weighted by atomic mass is 10.0. The van der Waals surface area contributed by atoms with Gasteiger partial charge < -0.3 is 16.2 Å². The van der Waals surface area contributed by atoms with Gasteiger partial charge in [-0.25, -0.2) is 4.39 Å². The number of ether oxygens (including phenoxy) is 1. The third-order valence-corrected chi connectivity index (χ3v) is 5.33. The zero-order chi connectivity index (χ0) is 17.4. The SMILES string of the molecule is Nc1ccc(O[C@@H]2c3ccccc3C[C@H]2N2CCC[C@@H](N)C2)cc1F. The van der Waals surface area contributed by atoms with Gasteiger partial charge in [0, 0.05) is 18.7 Å². The van der Waals surface area contributed by atoms with Crippen LogP contribution in [0.1, 0.15) is 30.1 Å². The first-order valence-corrected chi connectivity index (χ1v) is 8.91. The quantitative estimate of drug-likeness (QED) is 0.843. The van der Waals surface area contributed by atoms with Crippen molar-refractivity contribution in [2.45, 2.75) is 37.5 Å². The summed E-state index contributed by atoms with van der Waals surface area (Å²) in [5.41, 5.74) is 14.4. The van der Waals surface area contributed by atoms with Crippen LogP contribution in [0.25, 0.3) is 0 Å². The van der Waals surface area contributed by atoms with Gasteiger partial charge in [-0.15, -0.1) is 0 Å². The molecule has 0 spiro atoms. The van der Waals surface area contributed by atoms with E-state index >= 15 is 0 Å². The Bertz CT molecular complexity index is 766. The molecule has 4 nitrogen and oxygen atoms in total. The Balaban J connectivity index is 1.63. The molecule has 0 bridgehead atoms. The summed E-state index contributed by atoms with van der Waals surface area (Å²) in [5.74, 6) is 0.0695. The molecule has 2 aromatic carbocycles. The predicted octanol–water partition coefficient (Wildman–Crippen LogP) is 2.88. The van der Waals surface area contributed by atoms with Gasteiger partial charge >= 0.3 is 0 Å². The number of piperidine rings is 1. The second-order valence-electron chi connectivity index (χ2n) is 7.09. The van der Waals surface area contributed by atoms with E-state index < -0.39 is 5.82 Å². The molecule has 1 heterocycles. The Morgan fingerprint density at radius 2 is 2.00 bits per heavy atom. The van der Waals surface area contributed by atoms with Crippen LogP contribution in [0.4, 0.5) is 10.1 Å². The average molecular weight is 341 g/mol. The van der Waals surface area contributed by atoms with Gasteiger partial charge in [-0.1, -0.05) is 24.3 Å². The van der Waals surface area contributed by atoms with Crippen molar-refractivity contribution in [2.24, 2.45) is 5.73 Å². The van der Waals surface area contributed by atoms with Crippen molar-refractivity contribution in [1.82, 2.24) is 4.90 Å². The maximum absolute atomic E-state index is 13.8. The molecule has 4 rings (SSSR count). The number of hydrogen-bond acceptors (Lipinski definition) is 4. The second kappa shape index (κ2) is 6.65. The monoisotopic (exact) mass is 341 g/mol. The minimum Gasteiger partial charge on any atom is -0.484 e. The maximum Gasteiger partial charge on any atom is 0.149 e. The molecule has 2 aliphatic rings. The molecule has 0 unspecified atom stereocenters. The van der Waals surface area contributed by atoms with Crippen molar-refractivity contribution in [2.75, 3.05) is 18.8 Å². The minimum absolute atomic E-state index is 0.121. The predicted molar refractivity (Wildman–Crippen MR) is 96.9 cm³/mol. The molecule has 1 fully saturated rings. The van der Waals surface area contributed by atoms with E-state index in [4.69, 9.17) is 16.2 Å². The van der Waals surface area contributed by atoms with E-state index in [9.17, 15) is 4.39 Å². The molecule has 0 amide bonds. The van der Waals surface area contributed by atoms with Crippen molar-refractivity contribution in [3.05, 3.63) is 59.4 Å². The minimum atomic E-state index is -0.444. The Kier molecular flexibility index (Phi) is 4.36. The normalized spacial score (nSPS) is 26.4. The van der Waals surface area contributed by atoms with E-state index in [1.165, 1.54) is 17.2 Å². The smallest absolute Gasteiger partial charge is 0.149 e. The number of anilines is 1. The Morgan fingerprint density at radius 3 is 2.80 bits per heavy atom. The van der Waals surface area contributed by atoms with Crippen LogP contribution >= 0.6 is 0 Å². The molecular weight excluding hydrogens is 317 g/mol. The van der Waals surface area contributed by atoms with Crippen LogP contribution in [0.3, 0.4) is 0 Å². The Labute approximate surface area is 147 Å². The van der Waals surface area contributed by atoms with Crippen LogP contribution < -0.4 is 16.2 Å². The van der Waals surface area contributed by atoms with Crippen molar-refractivity contribution < 1.29 is 9.13 Å². The lowest BCUT2D eigenvalue weighted by Crippen LogP contribution is -2.49. The highest BCUT2D eigenvalue weighted by Crippen LogP contribution is 2.39. The summed E-state index contributed by atoms with van der Waals surface area (Å²) >= 11 is 0. The Morgan fingerprint density at radius 1 is 1.16 bits per heavy atom.